The average Bonchev–Trinajstić information content (AvgIpc) is 2.30. The van der Waals surface area contributed by atoms with E-state index in [4.69, 9.17) is 14.9 Å². The van der Waals surface area contributed by atoms with Gasteiger partial charge in [0.1, 0.15) is 18.5 Å². The first-order chi connectivity index (χ1) is 7.22. The van der Waals surface area contributed by atoms with Crippen molar-refractivity contribution in [1.82, 2.24) is 0 Å². The summed E-state index contributed by atoms with van der Waals surface area (Å²) in [6, 6.07) is 7.53. The number of benzene rings is 1. The topological polar surface area (TPSA) is 49.7 Å². The summed E-state index contributed by atoms with van der Waals surface area (Å²) in [5.74, 6) is 0.707. The van der Waals surface area contributed by atoms with Gasteiger partial charge in [-0.15, -0.1) is 0 Å². The molecule has 0 aromatic heterocycles. The Kier molecular flexibility index (Phi) is 7.68. The maximum Gasteiger partial charge on any atom is 0.119 e. The van der Waals surface area contributed by atoms with E-state index in [1.165, 1.54) is 0 Å². The number of rotatable bonds is 4. The van der Waals surface area contributed by atoms with Crippen molar-refractivity contribution in [1.29, 1.82) is 0 Å². The summed E-state index contributed by atoms with van der Waals surface area (Å²) in [5, 5.41) is 17.5. The zero-order valence-electron chi connectivity index (χ0n) is 9.60. The third-order valence-corrected chi connectivity index (χ3v) is 1.67. The van der Waals surface area contributed by atoms with E-state index in [0.717, 1.165) is 5.56 Å². The number of aryl methyl sites for hydroxylation is 1. The Morgan fingerprint density at radius 1 is 1.20 bits per heavy atom. The molecule has 15 heavy (non-hydrogen) atoms. The Bertz CT molecular complexity index is 244. The maximum absolute atomic E-state index is 9.00. The number of aliphatic hydroxyl groups is 2. The molecule has 0 radical (unpaired) electrons. The van der Waals surface area contributed by atoms with Gasteiger partial charge in [0.25, 0.3) is 0 Å². The predicted molar refractivity (Wildman–Crippen MR) is 61.1 cm³/mol. The fourth-order valence-corrected chi connectivity index (χ4v) is 0.880. The maximum atomic E-state index is 9.00. The van der Waals surface area contributed by atoms with E-state index in [9.17, 15) is 0 Å². The van der Waals surface area contributed by atoms with Gasteiger partial charge in [-0.2, -0.15) is 0 Å². The predicted octanol–water partition coefficient (Wildman–Crippen LogP) is 1.75. The quantitative estimate of drug-likeness (QED) is 0.799. The molecule has 3 nitrogen and oxygen atoms in total. The number of aliphatic hydroxyl groups excluding tert-OH is 2. The van der Waals surface area contributed by atoms with Gasteiger partial charge in [0.05, 0.1) is 6.61 Å². The summed E-state index contributed by atoms with van der Waals surface area (Å²) in [4.78, 5) is 0. The Morgan fingerprint density at radius 2 is 1.73 bits per heavy atom. The Labute approximate surface area is 91.3 Å². The number of hydrogen-bond donors (Lipinski definition) is 2. The molecule has 0 aliphatic heterocycles. The second-order valence-electron chi connectivity index (χ2n) is 2.96. The zero-order valence-corrected chi connectivity index (χ0v) is 9.60. The number of hydrogen-bond acceptors (Lipinski definition) is 3. The lowest BCUT2D eigenvalue weighted by molar-refractivity contribution is 0.0536. The Balaban J connectivity index is 0.000000921. The van der Waals surface area contributed by atoms with Gasteiger partial charge in [-0.25, -0.2) is 0 Å². The van der Waals surface area contributed by atoms with Crippen molar-refractivity contribution in [2.45, 2.75) is 26.9 Å². The molecule has 1 unspecified atom stereocenters. The summed E-state index contributed by atoms with van der Waals surface area (Å²) < 4.78 is 5.20. The largest absolute Gasteiger partial charge is 0.491 e. The second-order valence-corrected chi connectivity index (χ2v) is 2.96. The van der Waals surface area contributed by atoms with E-state index in [0.29, 0.717) is 5.75 Å². The molecule has 0 heterocycles. The Hall–Kier alpha value is -1.06. The van der Waals surface area contributed by atoms with Crippen LogP contribution in [0.1, 0.15) is 19.4 Å². The number of ether oxygens (including phenoxy) is 1. The first-order valence-corrected chi connectivity index (χ1v) is 5.21. The average molecular weight is 212 g/mol. The summed E-state index contributed by atoms with van der Waals surface area (Å²) >= 11 is 0. The monoisotopic (exact) mass is 212 g/mol. The highest BCUT2D eigenvalue weighted by Crippen LogP contribution is 2.11. The third-order valence-electron chi connectivity index (χ3n) is 1.67. The van der Waals surface area contributed by atoms with Crippen LogP contribution in [0.3, 0.4) is 0 Å². The van der Waals surface area contributed by atoms with Crippen molar-refractivity contribution in [3.63, 3.8) is 0 Å². The normalized spacial score (nSPS) is 11.3. The van der Waals surface area contributed by atoms with Gasteiger partial charge in [0.15, 0.2) is 0 Å². The highest BCUT2D eigenvalue weighted by Gasteiger charge is 2.01. The molecule has 0 saturated heterocycles. The van der Waals surface area contributed by atoms with Gasteiger partial charge >= 0.3 is 0 Å². The fourth-order valence-electron chi connectivity index (χ4n) is 0.880. The first-order valence-electron chi connectivity index (χ1n) is 5.21. The second kappa shape index (κ2) is 8.26. The van der Waals surface area contributed by atoms with Crippen LogP contribution in [0.4, 0.5) is 0 Å². The highest BCUT2D eigenvalue weighted by atomic mass is 16.5. The van der Waals surface area contributed by atoms with Crippen LogP contribution in [-0.2, 0) is 0 Å². The SMILES string of the molecule is CC.Cc1ccc(OCC(O)CO)cc1. The first kappa shape index (κ1) is 13.9. The molecule has 0 aliphatic rings. The van der Waals surface area contributed by atoms with E-state index < -0.39 is 6.10 Å². The van der Waals surface area contributed by atoms with E-state index in [1.807, 2.05) is 45.0 Å². The van der Waals surface area contributed by atoms with E-state index in [2.05, 4.69) is 0 Å². The molecule has 1 rings (SSSR count). The molecule has 0 saturated carbocycles. The minimum Gasteiger partial charge on any atom is -0.491 e. The van der Waals surface area contributed by atoms with E-state index >= 15 is 0 Å². The van der Waals surface area contributed by atoms with Crippen molar-refractivity contribution in [3.05, 3.63) is 29.8 Å². The van der Waals surface area contributed by atoms with Gasteiger partial charge in [0.2, 0.25) is 0 Å². The summed E-state index contributed by atoms with van der Waals surface area (Å²) in [5.41, 5.74) is 1.16. The highest BCUT2D eigenvalue weighted by molar-refractivity contribution is 5.26. The van der Waals surface area contributed by atoms with Crippen molar-refractivity contribution in [2.75, 3.05) is 13.2 Å². The van der Waals surface area contributed by atoms with Crippen LogP contribution in [0.2, 0.25) is 0 Å². The van der Waals surface area contributed by atoms with Gasteiger partial charge in [-0.05, 0) is 19.1 Å². The fraction of sp³-hybridized carbons (Fsp3) is 0.500. The van der Waals surface area contributed by atoms with Crippen molar-refractivity contribution >= 4 is 0 Å². The smallest absolute Gasteiger partial charge is 0.119 e. The Morgan fingerprint density at radius 3 is 2.20 bits per heavy atom. The molecule has 1 aromatic carbocycles. The van der Waals surface area contributed by atoms with Gasteiger partial charge in [-0.3, -0.25) is 0 Å². The summed E-state index contributed by atoms with van der Waals surface area (Å²) in [6.07, 6.45) is -0.804. The lowest BCUT2D eigenvalue weighted by Gasteiger charge is -2.09. The molecular weight excluding hydrogens is 192 g/mol. The zero-order chi connectivity index (χ0) is 11.7. The van der Waals surface area contributed by atoms with Crippen LogP contribution in [0.15, 0.2) is 24.3 Å². The van der Waals surface area contributed by atoms with Crippen LogP contribution in [0, 0.1) is 6.92 Å². The molecule has 3 heteroatoms. The minimum atomic E-state index is -0.804. The molecule has 1 aromatic rings. The molecular formula is C12H20O3. The van der Waals surface area contributed by atoms with Crippen LogP contribution in [0.5, 0.6) is 5.75 Å². The minimum absolute atomic E-state index is 0.125. The molecule has 86 valence electrons. The van der Waals surface area contributed by atoms with E-state index in [1.54, 1.807) is 0 Å². The van der Waals surface area contributed by atoms with Crippen molar-refractivity contribution in [3.8, 4) is 5.75 Å². The van der Waals surface area contributed by atoms with Crippen LogP contribution in [0.25, 0.3) is 0 Å². The van der Waals surface area contributed by atoms with Gasteiger partial charge < -0.3 is 14.9 Å². The van der Waals surface area contributed by atoms with E-state index in [-0.39, 0.29) is 13.2 Å². The van der Waals surface area contributed by atoms with Crippen LogP contribution >= 0.6 is 0 Å². The summed E-state index contributed by atoms with van der Waals surface area (Å²) in [7, 11) is 0. The molecule has 1 atom stereocenters. The molecule has 0 aliphatic carbocycles. The van der Waals surface area contributed by atoms with Crippen molar-refractivity contribution in [2.24, 2.45) is 0 Å². The van der Waals surface area contributed by atoms with Gasteiger partial charge in [-0.1, -0.05) is 31.5 Å². The van der Waals surface area contributed by atoms with Gasteiger partial charge in [0, 0.05) is 0 Å². The molecule has 0 bridgehead atoms. The standard InChI is InChI=1S/C10H14O3.C2H6/c1-8-2-4-10(5-3-8)13-7-9(12)6-11;1-2/h2-5,9,11-12H,6-7H2,1H3;1-2H3. The molecule has 2 N–H and O–H groups in total. The third kappa shape index (κ3) is 6.10. The van der Waals surface area contributed by atoms with Crippen molar-refractivity contribution < 1.29 is 14.9 Å². The van der Waals surface area contributed by atoms with Crippen LogP contribution in [-0.4, -0.2) is 29.5 Å². The molecule has 0 amide bonds. The van der Waals surface area contributed by atoms with Crippen LogP contribution < -0.4 is 4.74 Å². The molecule has 0 fully saturated rings. The lowest BCUT2D eigenvalue weighted by Crippen LogP contribution is -2.21. The molecule has 0 spiro atoms. The summed E-state index contributed by atoms with van der Waals surface area (Å²) in [6.45, 7) is 5.85. The lowest BCUT2D eigenvalue weighted by atomic mass is 10.2.